The molecule has 0 unspecified atom stereocenters. The highest BCUT2D eigenvalue weighted by atomic mass is 14.9. The first-order valence-corrected chi connectivity index (χ1v) is 7.59. The molecule has 3 rings (SSSR count). The van der Waals surface area contributed by atoms with Gasteiger partial charge in [0.1, 0.15) is 0 Å². The third-order valence-electron chi connectivity index (χ3n) is 3.36. The average Bonchev–Trinajstić information content (AvgIpc) is 2.63. The first-order valence-electron chi connectivity index (χ1n) is 7.59. The zero-order valence-electron chi connectivity index (χ0n) is 12.8. The Morgan fingerprint density at radius 2 is 1.26 bits per heavy atom. The molecule has 2 nitrogen and oxygen atoms in total. The van der Waals surface area contributed by atoms with Gasteiger partial charge < -0.3 is 5.32 Å². The fraction of sp³-hybridized carbons (Fsp3) is 0. The molecule has 112 valence electrons. The second-order valence-electron chi connectivity index (χ2n) is 5.05. The smallest absolute Gasteiger partial charge is 0.0629 e. The molecule has 0 fully saturated rings. The van der Waals surface area contributed by atoms with Crippen LogP contribution in [-0.2, 0) is 0 Å². The van der Waals surface area contributed by atoms with Crippen molar-refractivity contribution in [3.8, 4) is 0 Å². The minimum atomic E-state index is 0.941. The van der Waals surface area contributed by atoms with Gasteiger partial charge in [-0.3, -0.25) is 4.99 Å². The fourth-order valence-electron chi connectivity index (χ4n) is 2.22. The van der Waals surface area contributed by atoms with Crippen LogP contribution in [0.5, 0.6) is 0 Å². The molecule has 0 radical (unpaired) electrons. The number of nitrogens with zero attached hydrogens (tertiary/aromatic N) is 1. The first kappa shape index (κ1) is 14.8. The second-order valence-corrected chi connectivity index (χ2v) is 5.05. The van der Waals surface area contributed by atoms with Gasteiger partial charge in [-0.1, -0.05) is 66.7 Å². The molecule has 23 heavy (non-hydrogen) atoms. The molecule has 1 N–H and O–H groups in total. The van der Waals surface area contributed by atoms with Crippen molar-refractivity contribution in [2.75, 3.05) is 5.32 Å². The van der Waals surface area contributed by atoms with E-state index in [0.717, 1.165) is 22.6 Å². The molecule has 2 heteroatoms. The molecule has 0 aliphatic rings. The highest BCUT2D eigenvalue weighted by Gasteiger charge is 2.00. The Hall–Kier alpha value is -3.13. The van der Waals surface area contributed by atoms with Crippen molar-refractivity contribution in [1.82, 2.24) is 0 Å². The SMILES string of the molecule is C(/C=C(\Nc1ccccc1)c1ccccc1)=Nc1ccccc1. The van der Waals surface area contributed by atoms with E-state index in [2.05, 4.69) is 22.4 Å². The Balaban J connectivity index is 1.86. The summed E-state index contributed by atoms with van der Waals surface area (Å²) in [7, 11) is 0. The van der Waals surface area contributed by atoms with Crippen LogP contribution in [0.2, 0.25) is 0 Å². The largest absolute Gasteiger partial charge is 0.355 e. The summed E-state index contributed by atoms with van der Waals surface area (Å²) in [5, 5.41) is 3.45. The maximum atomic E-state index is 4.47. The van der Waals surface area contributed by atoms with Crippen LogP contribution < -0.4 is 5.32 Å². The Morgan fingerprint density at radius 1 is 0.696 bits per heavy atom. The van der Waals surface area contributed by atoms with E-state index in [9.17, 15) is 0 Å². The fourth-order valence-corrected chi connectivity index (χ4v) is 2.22. The zero-order valence-corrected chi connectivity index (χ0v) is 12.8. The summed E-state index contributed by atoms with van der Waals surface area (Å²) < 4.78 is 0. The van der Waals surface area contributed by atoms with Gasteiger partial charge in [0.2, 0.25) is 0 Å². The molecule has 3 aromatic carbocycles. The van der Waals surface area contributed by atoms with Crippen molar-refractivity contribution in [3.63, 3.8) is 0 Å². The van der Waals surface area contributed by atoms with E-state index < -0.39 is 0 Å². The number of allylic oxidation sites excluding steroid dienone is 1. The van der Waals surface area contributed by atoms with E-state index in [0.29, 0.717) is 0 Å². The molecule has 0 bridgehead atoms. The molecule has 0 aliphatic heterocycles. The summed E-state index contributed by atoms with van der Waals surface area (Å²) in [4.78, 5) is 4.47. The van der Waals surface area contributed by atoms with E-state index in [4.69, 9.17) is 0 Å². The molecular weight excluding hydrogens is 280 g/mol. The predicted molar refractivity (Wildman–Crippen MR) is 99.1 cm³/mol. The molecular formula is C21H18N2. The number of hydrogen-bond acceptors (Lipinski definition) is 2. The van der Waals surface area contributed by atoms with Crippen molar-refractivity contribution >= 4 is 23.3 Å². The lowest BCUT2D eigenvalue weighted by Crippen LogP contribution is -1.99. The number of benzene rings is 3. The third kappa shape index (κ3) is 4.42. The summed E-state index contributed by atoms with van der Waals surface area (Å²) in [6.45, 7) is 0. The number of rotatable bonds is 5. The molecule has 0 heterocycles. The summed E-state index contributed by atoms with van der Waals surface area (Å²) in [5.41, 5.74) is 4.12. The van der Waals surface area contributed by atoms with Gasteiger partial charge in [0, 0.05) is 17.6 Å². The van der Waals surface area contributed by atoms with Crippen LogP contribution in [0.4, 0.5) is 11.4 Å². The minimum Gasteiger partial charge on any atom is -0.355 e. The number of para-hydroxylation sites is 2. The summed E-state index contributed by atoms with van der Waals surface area (Å²) in [6, 6.07) is 30.3. The van der Waals surface area contributed by atoms with Crippen molar-refractivity contribution in [1.29, 1.82) is 0 Å². The average molecular weight is 298 g/mol. The monoisotopic (exact) mass is 298 g/mol. The van der Waals surface area contributed by atoms with Gasteiger partial charge in [0.15, 0.2) is 0 Å². The van der Waals surface area contributed by atoms with E-state index in [1.807, 2.05) is 91.2 Å². The Bertz CT molecular complexity index is 776. The minimum absolute atomic E-state index is 0.941. The Labute approximate surface area is 136 Å². The number of aliphatic imine (C=N–C) groups is 1. The molecule has 0 saturated heterocycles. The molecule has 0 atom stereocenters. The third-order valence-corrected chi connectivity index (χ3v) is 3.36. The van der Waals surface area contributed by atoms with Crippen molar-refractivity contribution in [2.45, 2.75) is 0 Å². The molecule has 0 aromatic heterocycles. The second kappa shape index (κ2) is 7.76. The van der Waals surface area contributed by atoms with Gasteiger partial charge in [0.25, 0.3) is 0 Å². The molecule has 0 saturated carbocycles. The van der Waals surface area contributed by atoms with E-state index in [1.54, 1.807) is 0 Å². The van der Waals surface area contributed by atoms with E-state index in [-0.39, 0.29) is 0 Å². The van der Waals surface area contributed by atoms with Gasteiger partial charge in [0.05, 0.1) is 5.69 Å². The summed E-state index contributed by atoms with van der Waals surface area (Å²) in [5.74, 6) is 0. The lowest BCUT2D eigenvalue weighted by molar-refractivity contribution is 1.52. The molecule has 0 amide bonds. The van der Waals surface area contributed by atoms with Gasteiger partial charge in [-0.05, 0) is 35.9 Å². The van der Waals surface area contributed by atoms with Crippen molar-refractivity contribution in [2.24, 2.45) is 4.99 Å². The van der Waals surface area contributed by atoms with Crippen LogP contribution in [-0.4, -0.2) is 6.21 Å². The standard InChI is InChI=1S/C21H18N2/c1-4-10-18(11-5-1)21(23-20-14-8-3-9-15-20)16-17-22-19-12-6-2-7-13-19/h1-17,23H/b21-16-,22-17?. The Morgan fingerprint density at radius 3 is 1.91 bits per heavy atom. The van der Waals surface area contributed by atoms with Gasteiger partial charge in [-0.2, -0.15) is 0 Å². The van der Waals surface area contributed by atoms with Crippen LogP contribution in [0, 0.1) is 0 Å². The van der Waals surface area contributed by atoms with Gasteiger partial charge in [-0.15, -0.1) is 0 Å². The predicted octanol–water partition coefficient (Wildman–Crippen LogP) is 5.54. The normalized spacial score (nSPS) is 11.6. The lowest BCUT2D eigenvalue weighted by Gasteiger charge is -2.10. The van der Waals surface area contributed by atoms with Crippen LogP contribution in [0.1, 0.15) is 5.56 Å². The molecule has 0 spiro atoms. The highest BCUT2D eigenvalue weighted by molar-refractivity contribution is 5.90. The topological polar surface area (TPSA) is 24.4 Å². The van der Waals surface area contributed by atoms with Crippen LogP contribution >= 0.6 is 0 Å². The van der Waals surface area contributed by atoms with E-state index >= 15 is 0 Å². The lowest BCUT2D eigenvalue weighted by atomic mass is 10.1. The molecule has 0 aliphatic carbocycles. The van der Waals surface area contributed by atoms with Gasteiger partial charge >= 0.3 is 0 Å². The first-order chi connectivity index (χ1) is 11.4. The van der Waals surface area contributed by atoms with Crippen LogP contribution in [0.3, 0.4) is 0 Å². The van der Waals surface area contributed by atoms with Crippen LogP contribution in [0.25, 0.3) is 5.70 Å². The number of hydrogen-bond donors (Lipinski definition) is 1. The number of anilines is 1. The zero-order chi connectivity index (χ0) is 15.7. The van der Waals surface area contributed by atoms with Gasteiger partial charge in [-0.25, -0.2) is 0 Å². The van der Waals surface area contributed by atoms with Crippen molar-refractivity contribution in [3.05, 3.63) is 103 Å². The maximum Gasteiger partial charge on any atom is 0.0629 e. The molecule has 3 aromatic rings. The van der Waals surface area contributed by atoms with Crippen molar-refractivity contribution < 1.29 is 0 Å². The summed E-state index contributed by atoms with van der Waals surface area (Å²) in [6.07, 6.45) is 3.82. The highest BCUT2D eigenvalue weighted by Crippen LogP contribution is 2.18. The Kier molecular flexibility index (Phi) is 4.99. The van der Waals surface area contributed by atoms with E-state index in [1.165, 1.54) is 0 Å². The summed E-state index contributed by atoms with van der Waals surface area (Å²) >= 11 is 0. The van der Waals surface area contributed by atoms with Crippen LogP contribution in [0.15, 0.2) is 102 Å². The number of nitrogens with one attached hydrogen (secondary N) is 1. The quantitative estimate of drug-likeness (QED) is 0.614. The maximum absolute atomic E-state index is 4.47.